The van der Waals surface area contributed by atoms with Crippen LogP contribution < -0.4 is 21.2 Å². The Hall–Kier alpha value is -4.78. The van der Waals surface area contributed by atoms with E-state index in [1.807, 2.05) is 12.1 Å². The van der Waals surface area contributed by atoms with Crippen molar-refractivity contribution in [1.29, 1.82) is 0 Å². The Bertz CT molecular complexity index is 2590. The van der Waals surface area contributed by atoms with E-state index >= 15 is 0 Å². The van der Waals surface area contributed by atoms with Gasteiger partial charge in [-0.1, -0.05) is 161 Å². The summed E-state index contributed by atoms with van der Waals surface area (Å²) in [5.41, 5.74) is 12.3. The van der Waals surface area contributed by atoms with Crippen LogP contribution in [0.4, 0.5) is 0 Å². The van der Waals surface area contributed by atoms with Crippen LogP contribution in [0.15, 0.2) is 206 Å². The van der Waals surface area contributed by atoms with E-state index in [1.54, 1.807) is 0 Å². The molecular weight excluding hydrogens is 1180 g/mol. The molecule has 0 saturated heterocycles. The summed E-state index contributed by atoms with van der Waals surface area (Å²) in [6.07, 6.45) is 17.0. The van der Waals surface area contributed by atoms with Crippen LogP contribution in [0.1, 0.15) is 61.1 Å². The maximum Gasteiger partial charge on any atom is 1.00 e. The predicted octanol–water partition coefficient (Wildman–Crippen LogP) is 12.6. The Kier molecular flexibility index (Phi) is 16.7. The summed E-state index contributed by atoms with van der Waals surface area (Å²) in [6, 6.07) is 73.9. The minimum absolute atomic E-state index is 0. The van der Waals surface area contributed by atoms with Gasteiger partial charge in [-0.2, -0.15) is 0 Å². The molecule has 0 nitrogen and oxygen atoms in total. The molecule has 0 fully saturated rings. The van der Waals surface area contributed by atoms with Gasteiger partial charge >= 0.3 is 44.8 Å². The van der Waals surface area contributed by atoms with Gasteiger partial charge in [0.1, 0.15) is 12.3 Å². The quantitative estimate of drug-likeness (QED) is 0.0646. The summed E-state index contributed by atoms with van der Waals surface area (Å²) in [6.45, 7) is 9.02. The van der Waals surface area contributed by atoms with Crippen LogP contribution in [0.3, 0.4) is 0 Å². The van der Waals surface area contributed by atoms with E-state index in [4.69, 9.17) is 12.8 Å². The zero-order valence-electron chi connectivity index (χ0n) is 36.6. The molecule has 10 rings (SSSR count). The van der Waals surface area contributed by atoms with Gasteiger partial charge in [0.05, 0.1) is 37.1 Å². The minimum atomic E-state index is -0.783. The van der Waals surface area contributed by atoms with Crippen molar-refractivity contribution in [2.75, 3.05) is 12.3 Å². The molecule has 322 valence electrons. The molecule has 0 heterocycles. The zero-order chi connectivity index (χ0) is 43.1. The summed E-state index contributed by atoms with van der Waals surface area (Å²) in [5, 5.41) is 6.06. The van der Waals surface area contributed by atoms with Gasteiger partial charge in [-0.15, -0.1) is 35.4 Å². The number of benzene rings is 8. The van der Waals surface area contributed by atoms with Crippen molar-refractivity contribution in [3.63, 3.8) is 0 Å². The average molecular weight is 1230 g/mol. The first kappa shape index (κ1) is 48.7. The van der Waals surface area contributed by atoms with Crippen LogP contribution in [0.2, 0.25) is 0 Å². The molecule has 0 aliphatic heterocycles. The van der Waals surface area contributed by atoms with Crippen molar-refractivity contribution in [1.82, 2.24) is 0 Å². The smallest absolute Gasteiger partial charge is 0.366 e. The predicted molar refractivity (Wildman–Crippen MR) is 271 cm³/mol. The molecule has 8 aromatic carbocycles. The number of fused-ring (bicyclic) bond motifs is 6. The molecule has 0 N–H and O–H groups in total. The standard InChI is InChI=1S/C26H24P2.2C17H13.2Au/c1-5-13-23(14-6-1)27(24-15-7-2-8-16-24)21-22-28(25-17-9-3-10-18-25)26-19-11-4-12-20-26;2*1-4-12-9-10-16-14(11-12)13-7-5-6-8-15(13)17(16,2)3;;/h1-20H,21-22H2;2*5-11H,2-3H3;;/q;2*-1;2*+1/p+2. The van der Waals surface area contributed by atoms with E-state index in [9.17, 15) is 0 Å². The molecule has 0 amide bonds. The molecule has 0 bridgehead atoms. The number of rotatable bonds is 7. The first-order valence-corrected chi connectivity index (χ1v) is 24.9. The molecule has 0 spiro atoms. The fourth-order valence-corrected chi connectivity index (χ4v) is 15.5. The van der Waals surface area contributed by atoms with Crippen molar-refractivity contribution >= 4 is 37.1 Å². The van der Waals surface area contributed by atoms with Crippen LogP contribution in [0.25, 0.3) is 22.3 Å². The third-order valence-electron chi connectivity index (χ3n) is 12.6. The Morgan fingerprint density at radius 1 is 0.344 bits per heavy atom. The zero-order valence-corrected chi connectivity index (χ0v) is 43.0. The molecule has 0 unspecified atom stereocenters. The fourth-order valence-electron chi connectivity index (χ4n) is 9.31. The van der Waals surface area contributed by atoms with Gasteiger partial charge in [-0.05, 0) is 93.0 Å². The monoisotopic (exact) mass is 1230 g/mol. The Morgan fingerprint density at radius 3 is 0.906 bits per heavy atom. The summed E-state index contributed by atoms with van der Waals surface area (Å²) in [4.78, 5) is 0. The summed E-state index contributed by atoms with van der Waals surface area (Å²) in [7, 11) is -1.57. The molecule has 2 aliphatic rings. The summed E-state index contributed by atoms with van der Waals surface area (Å²) in [5.74, 6) is 4.93. The third kappa shape index (κ3) is 10.3. The second-order valence-electron chi connectivity index (χ2n) is 17.0. The normalized spacial score (nSPS) is 12.8. The second-order valence-corrected chi connectivity index (χ2v) is 22.3. The van der Waals surface area contributed by atoms with E-state index in [-0.39, 0.29) is 55.6 Å². The SMILES string of the molecule is [Au+].[Au+].[C-]#Cc1ccc2c(c1)-c1ccccc1C2(C)C.[C-]#Cc1ccc2c(c1)-c1ccccc1C2(C)C.c1ccc([PH+](CC[PH+](c2ccccc2)c2ccccc2)c2ccccc2)cc1. The summed E-state index contributed by atoms with van der Waals surface area (Å²) < 4.78 is 0. The van der Waals surface area contributed by atoms with Gasteiger partial charge < -0.3 is 12.8 Å². The largest absolute Gasteiger partial charge is 1.00 e. The average Bonchev–Trinajstić information content (AvgIpc) is 3.70. The van der Waals surface area contributed by atoms with Gasteiger partial charge in [-0.25, -0.2) is 0 Å². The fraction of sp³-hybridized carbons (Fsp3) is 0.133. The first-order chi connectivity index (χ1) is 30.2. The molecule has 0 saturated carbocycles. The topological polar surface area (TPSA) is 0 Å². The molecular formula is C60H52Au2P2+2. The van der Waals surface area contributed by atoms with Crippen molar-refractivity contribution < 1.29 is 44.8 Å². The van der Waals surface area contributed by atoms with E-state index in [0.29, 0.717) is 0 Å². The number of hydrogen-bond acceptors (Lipinski definition) is 0. The van der Waals surface area contributed by atoms with Crippen LogP contribution in [-0.2, 0) is 55.6 Å². The van der Waals surface area contributed by atoms with Gasteiger partial charge in [0.25, 0.3) is 0 Å². The maximum absolute atomic E-state index is 7.24. The van der Waals surface area contributed by atoms with Crippen LogP contribution in [0.5, 0.6) is 0 Å². The van der Waals surface area contributed by atoms with Gasteiger partial charge in [0.15, 0.2) is 0 Å². The van der Waals surface area contributed by atoms with E-state index in [1.165, 1.54) is 78.0 Å². The number of hydrogen-bond donors (Lipinski definition) is 0. The van der Waals surface area contributed by atoms with Crippen LogP contribution in [-0.4, -0.2) is 12.3 Å². The Morgan fingerprint density at radius 2 is 0.609 bits per heavy atom. The van der Waals surface area contributed by atoms with Crippen LogP contribution >= 0.6 is 15.8 Å². The van der Waals surface area contributed by atoms with Crippen molar-refractivity contribution in [2.45, 2.75) is 38.5 Å². The van der Waals surface area contributed by atoms with Crippen molar-refractivity contribution in [2.24, 2.45) is 0 Å². The minimum Gasteiger partial charge on any atom is -0.366 e. The second kappa shape index (κ2) is 21.9. The first-order valence-electron chi connectivity index (χ1n) is 21.5. The Balaban J connectivity index is 0.000000165. The molecule has 4 heteroatoms. The molecule has 0 aromatic heterocycles. The van der Waals surface area contributed by atoms with Crippen molar-refractivity contribution in [3.05, 3.63) is 252 Å². The van der Waals surface area contributed by atoms with Crippen LogP contribution in [0, 0.1) is 24.7 Å². The van der Waals surface area contributed by atoms with Gasteiger partial charge in [-0.3, -0.25) is 11.8 Å². The maximum atomic E-state index is 7.24. The summed E-state index contributed by atoms with van der Waals surface area (Å²) >= 11 is 0. The molecule has 64 heavy (non-hydrogen) atoms. The van der Waals surface area contributed by atoms with Gasteiger partial charge in [0.2, 0.25) is 0 Å². The third-order valence-corrected chi connectivity index (χ3v) is 18.7. The van der Waals surface area contributed by atoms with E-state index in [0.717, 1.165) is 11.1 Å². The van der Waals surface area contributed by atoms with Gasteiger partial charge in [0, 0.05) is 10.8 Å². The van der Waals surface area contributed by atoms with Crippen molar-refractivity contribution in [3.8, 4) is 34.1 Å². The Labute approximate surface area is 415 Å². The molecule has 0 atom stereocenters. The van der Waals surface area contributed by atoms with E-state index in [2.05, 4.69) is 234 Å². The molecule has 8 aromatic rings. The molecule has 2 aliphatic carbocycles. The molecule has 0 radical (unpaired) electrons. The van der Waals surface area contributed by atoms with E-state index < -0.39 is 15.8 Å².